The smallest absolute Gasteiger partial charge is 0.444 e. The lowest BCUT2D eigenvalue weighted by Gasteiger charge is -2.35. The molecule has 6 aliphatic heterocycles. The van der Waals surface area contributed by atoms with Crippen LogP contribution in [0.1, 0.15) is 73.6 Å². The van der Waals surface area contributed by atoms with Crippen molar-refractivity contribution in [2.24, 2.45) is 0 Å². The number of amides is 3. The number of halogens is 10. The third-order valence-electron chi connectivity index (χ3n) is 22.6. The standard InChI is InChI=1S/C23H25ClN4O2.C21H19ClN4O.C18H17ClN4.C17H21BrN4O2.C8H4BrClN2.C6H6BClO2.C5H11N.C4H8O.C3H3ClO.CH4O.2ClH/c1-23(2,3)30-22(29)28-13-11-27(12-14-28)21-25-15-16-7-6-9-18(20(16)26-21)17-8-4-5-10-19(17)24;1-2-19(27)25-10-12-26(13-11-25)21-23-14-15-6-5-8-17(20(15)24-21)16-7-3-4-9-18(16)22;19-16-7-2-1-5-14(16)15-6-3-4-13-12-21-18(22-17(13)15)23-10-8-20-9-11-23;1-17(2,3)24-16(23)22-9-7-21(8-10-22)15-19-11-12-5-4-6-13(18)14(12)20-15;9-6-3-1-2-5-4-11-8(10)12-7(5)6;8-6-4-2-1-3-5(6)7(9)10;1-2-4-6-5-3-1;1-2-4-5-3-1;1-2-3(4)5;1-2;;/h4-10,15H,11-14H2,1-3H3;2-9,14H,1,10-13H2;1-7,12,20H,8-11H2;4-6,11H,7-10H2,1-3H3;1-4H;1-4,9-10H;6H,1-5H2;1-4H2;2H,1H2;2H,1H3;2*1H. The minimum atomic E-state index is -1.48. The van der Waals surface area contributed by atoms with Crippen molar-refractivity contribution in [3.05, 3.63) is 279 Å². The monoisotopic (exact) mass is 2270 g/mol. The number of hydrogen-bond donors (Lipinski definition) is 5. The van der Waals surface area contributed by atoms with E-state index in [9.17, 15) is 19.2 Å². The van der Waals surface area contributed by atoms with E-state index in [4.69, 9.17) is 114 Å². The predicted octanol–water partition coefficient (Wildman–Crippen LogP) is 21.6. The summed E-state index contributed by atoms with van der Waals surface area (Å²) in [7, 11) is -0.478. The van der Waals surface area contributed by atoms with E-state index in [1.165, 1.54) is 51.3 Å². The number of piperidine rings is 1. The Balaban J connectivity index is 0.000000192. The van der Waals surface area contributed by atoms with Gasteiger partial charge in [-0.25, -0.2) is 59.4 Å². The van der Waals surface area contributed by atoms with Gasteiger partial charge < -0.3 is 74.3 Å². The predicted molar refractivity (Wildman–Crippen MR) is 605 cm³/mol. The normalized spacial score (nSPS) is 14.2. The number of para-hydroxylation sites is 5. The molecule has 29 nitrogen and oxygen atoms in total. The molecule has 0 spiro atoms. The molecule has 14 aromatic rings. The molecule has 11 heterocycles. The first-order valence-corrected chi connectivity index (χ1v) is 51.0. The molecule has 9 aromatic carbocycles. The topological polar surface area (TPSA) is 332 Å². The van der Waals surface area contributed by atoms with Crippen LogP contribution in [0.4, 0.5) is 33.4 Å². The summed E-state index contributed by atoms with van der Waals surface area (Å²) in [6, 6.07) is 59.9. The zero-order valence-corrected chi connectivity index (χ0v) is 91.6. The second kappa shape index (κ2) is 60.0. The van der Waals surface area contributed by atoms with Crippen LogP contribution in [0.3, 0.4) is 0 Å². The molecule has 6 aliphatic rings. The van der Waals surface area contributed by atoms with E-state index in [2.05, 4.69) is 116 Å². The second-order valence-corrected chi connectivity index (χ2v) is 39.1. The maximum atomic E-state index is 12.3. The van der Waals surface area contributed by atoms with Gasteiger partial charge in [-0.05, 0) is 184 Å². The third-order valence-corrected chi connectivity index (χ3v) is 25.6. The number of aromatic nitrogens is 10. The molecule has 6 saturated heterocycles. The van der Waals surface area contributed by atoms with Gasteiger partial charge in [0.15, 0.2) is 0 Å². The number of hydrogen-bond acceptors (Lipinski definition) is 26. The van der Waals surface area contributed by atoms with Gasteiger partial charge in [-0.2, -0.15) is 0 Å². The van der Waals surface area contributed by atoms with Gasteiger partial charge >= 0.3 is 19.3 Å². The molecule has 146 heavy (non-hydrogen) atoms. The molecule has 5 N–H and O–H groups in total. The fourth-order valence-electron chi connectivity index (χ4n) is 15.4. The molecule has 0 atom stereocenters. The van der Waals surface area contributed by atoms with E-state index in [1.807, 2.05) is 224 Å². The van der Waals surface area contributed by atoms with E-state index in [0.29, 0.717) is 117 Å². The summed E-state index contributed by atoms with van der Waals surface area (Å²) >= 11 is 42.1. The van der Waals surface area contributed by atoms with Gasteiger partial charge in [-0.3, -0.25) is 9.59 Å². The third kappa shape index (κ3) is 35.7. The number of benzene rings is 9. The minimum absolute atomic E-state index is 0. The number of aliphatic hydroxyl groups excluding tert-OH is 1. The highest BCUT2D eigenvalue weighted by Gasteiger charge is 2.31. The van der Waals surface area contributed by atoms with E-state index < -0.39 is 23.6 Å². The Bertz CT molecular complexity index is 6600. The average Bonchev–Trinajstić information content (AvgIpc) is 0.815. The summed E-state index contributed by atoms with van der Waals surface area (Å²) in [6.07, 6.45) is 17.8. The highest BCUT2D eigenvalue weighted by Crippen LogP contribution is 2.38. The molecule has 0 bridgehead atoms. The fraction of sp³-hybridized carbons (Fsp3) is 0.321. The Morgan fingerprint density at radius 3 is 0.979 bits per heavy atom. The number of carbonyl (C=O) groups excluding carboxylic acids is 4. The Labute approximate surface area is 911 Å². The van der Waals surface area contributed by atoms with Crippen molar-refractivity contribution in [3.63, 3.8) is 0 Å². The van der Waals surface area contributed by atoms with Crippen molar-refractivity contribution in [3.8, 4) is 33.4 Å². The van der Waals surface area contributed by atoms with Crippen LogP contribution in [0, 0.1) is 0 Å². The summed E-state index contributed by atoms with van der Waals surface area (Å²) in [4.78, 5) is 105. The highest BCUT2D eigenvalue weighted by atomic mass is 79.9. The van der Waals surface area contributed by atoms with E-state index in [-0.39, 0.29) is 48.2 Å². The van der Waals surface area contributed by atoms with Gasteiger partial charge in [0, 0.05) is 251 Å². The molecule has 0 unspecified atom stereocenters. The largest absolute Gasteiger partial charge is 0.489 e. The summed E-state index contributed by atoms with van der Waals surface area (Å²) in [6.45, 7) is 33.9. The van der Waals surface area contributed by atoms with Gasteiger partial charge in [-0.15, -0.1) is 24.8 Å². The number of rotatable bonds is 10. The van der Waals surface area contributed by atoms with E-state index in [0.717, 1.165) is 160 Å². The van der Waals surface area contributed by atoms with Crippen LogP contribution in [0.25, 0.3) is 87.9 Å². The van der Waals surface area contributed by atoms with Crippen molar-refractivity contribution in [2.75, 3.05) is 158 Å². The van der Waals surface area contributed by atoms with E-state index >= 15 is 0 Å². The Kier molecular flexibility index (Phi) is 48.7. The van der Waals surface area contributed by atoms with Gasteiger partial charge in [0.2, 0.25) is 40.2 Å². The molecule has 772 valence electrons. The first-order chi connectivity index (χ1) is 69.4. The maximum absolute atomic E-state index is 12.3. The van der Waals surface area contributed by atoms with Gasteiger partial charge in [0.25, 0.3) is 0 Å². The number of carbonyl (C=O) groups is 4. The molecule has 0 radical (unpaired) electrons. The number of anilines is 4. The van der Waals surface area contributed by atoms with Gasteiger partial charge in [0.05, 0.1) is 27.6 Å². The number of allylic oxidation sites excluding steroid dienone is 1. The van der Waals surface area contributed by atoms with Crippen molar-refractivity contribution >= 4 is 241 Å². The summed E-state index contributed by atoms with van der Waals surface area (Å²) in [5.74, 6) is 2.78. The Hall–Kier alpha value is -10.9. The molecule has 0 saturated carbocycles. The lowest BCUT2D eigenvalue weighted by Crippen LogP contribution is -2.50. The minimum Gasteiger partial charge on any atom is -0.444 e. The molecule has 40 heteroatoms. The van der Waals surface area contributed by atoms with Crippen LogP contribution in [0.15, 0.2) is 253 Å². The number of ether oxygens (including phenoxy) is 3. The molecular weight excluding hydrogens is 2150 g/mol. The average molecular weight is 2270 g/mol. The van der Waals surface area contributed by atoms with Crippen LogP contribution in [-0.2, 0) is 23.8 Å². The molecular formula is C106H120BBr2Cl8N19O10. The summed E-state index contributed by atoms with van der Waals surface area (Å²) in [5, 5.41) is 38.2. The van der Waals surface area contributed by atoms with Crippen LogP contribution in [0.2, 0.25) is 25.4 Å². The number of fused-ring (bicyclic) bond motifs is 5. The number of nitrogens with zero attached hydrogens (tertiary/aromatic N) is 17. The SMILES string of the molecule is C1CCNCC1.C1CCOC1.C=CC(=O)Cl.C=CC(=O)N1CCN(c2ncc3cccc(-c4ccccc4Cl)c3n2)CC1.CC(C)(C)OC(=O)N1CCN(c2ncc3cccc(-c4ccccc4Cl)c3n2)CC1.CC(C)(C)OC(=O)N1CCN(c2ncc3cccc(Br)c3n2)CC1.CO.Cl.Cl.Clc1ccccc1-c1cccc2cnc(N3CCNCC3)nc12.Clc1ncc2cccc(Br)c2n1.OB(O)c1ccccc1Cl. The van der Waals surface area contributed by atoms with Crippen molar-refractivity contribution in [1.29, 1.82) is 0 Å². The Morgan fingerprint density at radius 1 is 0.377 bits per heavy atom. The lowest BCUT2D eigenvalue weighted by atomic mass is 9.80. The van der Waals surface area contributed by atoms with Crippen LogP contribution in [-0.4, -0.2) is 259 Å². The number of nitrogens with one attached hydrogen (secondary N) is 2. The number of piperazine rings is 4. The fourth-order valence-corrected chi connectivity index (χ4v) is 17.4. The Morgan fingerprint density at radius 2 is 0.678 bits per heavy atom. The molecule has 20 rings (SSSR count). The van der Waals surface area contributed by atoms with Crippen molar-refractivity contribution in [1.82, 2.24) is 75.2 Å². The highest BCUT2D eigenvalue weighted by molar-refractivity contribution is 9.11. The van der Waals surface area contributed by atoms with Crippen LogP contribution < -0.4 is 35.7 Å². The summed E-state index contributed by atoms with van der Waals surface area (Å²) < 4.78 is 17.7. The first-order valence-electron chi connectivity index (χ1n) is 47.1. The second-order valence-electron chi connectivity index (χ2n) is 35.0. The quantitative estimate of drug-likeness (QED) is 0.0367. The van der Waals surface area contributed by atoms with Crippen LogP contribution >= 0.6 is 126 Å². The van der Waals surface area contributed by atoms with Gasteiger partial charge in [-0.1, -0.05) is 218 Å². The summed E-state index contributed by atoms with van der Waals surface area (Å²) in [5.41, 5.74) is 9.73. The lowest BCUT2D eigenvalue weighted by molar-refractivity contribution is -0.126. The van der Waals surface area contributed by atoms with Gasteiger partial charge in [0.1, 0.15) is 11.2 Å². The number of aliphatic hydroxyl groups is 1. The van der Waals surface area contributed by atoms with Crippen molar-refractivity contribution in [2.45, 2.75) is 84.8 Å². The molecule has 3 amide bonds. The molecule has 0 aliphatic carbocycles. The van der Waals surface area contributed by atoms with E-state index in [1.54, 1.807) is 45.2 Å². The zero-order valence-electron chi connectivity index (χ0n) is 82.3. The van der Waals surface area contributed by atoms with Crippen LogP contribution in [0.5, 0.6) is 0 Å². The first kappa shape index (κ1) is 119. The zero-order chi connectivity index (χ0) is 103. The van der Waals surface area contributed by atoms with Crippen molar-refractivity contribution < 1.29 is 48.5 Å². The molecule has 5 aromatic heterocycles. The maximum Gasteiger partial charge on any atom is 0.489 e. The molecule has 6 fully saturated rings.